The number of esters is 1. The number of halogens is 1. The van der Waals surface area contributed by atoms with Gasteiger partial charge in [0.05, 0.1) is 35.1 Å². The molecular weight excluding hydrogens is 428 g/mol. The van der Waals surface area contributed by atoms with Crippen molar-refractivity contribution in [3.63, 3.8) is 0 Å². The number of benzene rings is 2. The van der Waals surface area contributed by atoms with Gasteiger partial charge in [-0.1, -0.05) is 41.4 Å². The highest BCUT2D eigenvalue weighted by molar-refractivity contribution is 7.89. The molecule has 2 N–H and O–H groups in total. The number of nitrogens with one attached hydrogen (secondary N) is 2. The number of ether oxygens (including phenoxy) is 1. The SMILES string of the molecule is COC(=O)C[C@H](NC(=O)c1cc(S(=O)(=O)NC(C)C)ccc1Cl)c1ccc(C)cc1. The van der Waals surface area contributed by atoms with Crippen molar-refractivity contribution in [1.29, 1.82) is 0 Å². The average molecular weight is 453 g/mol. The molecule has 0 aliphatic heterocycles. The van der Waals surface area contributed by atoms with Gasteiger partial charge in [0.2, 0.25) is 10.0 Å². The van der Waals surface area contributed by atoms with E-state index < -0.39 is 27.9 Å². The molecule has 0 saturated heterocycles. The van der Waals surface area contributed by atoms with E-state index in [1.165, 1.54) is 25.3 Å². The molecule has 0 unspecified atom stereocenters. The van der Waals surface area contributed by atoms with E-state index in [2.05, 4.69) is 10.0 Å². The Labute approximate surface area is 181 Å². The molecule has 0 aliphatic rings. The fourth-order valence-corrected chi connectivity index (χ4v) is 4.24. The minimum absolute atomic E-state index is 0.00900. The second-order valence-electron chi connectivity index (χ2n) is 7.13. The molecule has 0 saturated carbocycles. The largest absolute Gasteiger partial charge is 0.469 e. The molecule has 0 heterocycles. The predicted octanol–water partition coefficient (Wildman–Crippen LogP) is 3.37. The van der Waals surface area contributed by atoms with Crippen LogP contribution in [0.1, 0.15) is 47.8 Å². The Morgan fingerprint density at radius 2 is 1.73 bits per heavy atom. The standard InChI is InChI=1S/C21H25ClN2O5S/c1-13(2)24-30(27,28)16-9-10-18(22)17(11-16)21(26)23-19(12-20(25)29-4)15-7-5-14(3)6-8-15/h5-11,13,19,24H,12H2,1-4H3,(H,23,26)/t19-/m0/s1. The third-order valence-electron chi connectivity index (χ3n) is 4.27. The average Bonchev–Trinajstić information content (AvgIpc) is 2.67. The number of carbonyl (C=O) groups is 2. The Bertz CT molecular complexity index is 1020. The van der Waals surface area contributed by atoms with Gasteiger partial charge in [-0.05, 0) is 44.5 Å². The highest BCUT2D eigenvalue weighted by atomic mass is 35.5. The number of aryl methyl sites for hydroxylation is 1. The molecule has 0 aromatic heterocycles. The van der Waals surface area contributed by atoms with Gasteiger partial charge in [-0.25, -0.2) is 13.1 Å². The van der Waals surface area contributed by atoms with Crippen LogP contribution in [0.4, 0.5) is 0 Å². The first kappa shape index (κ1) is 23.9. The summed E-state index contributed by atoms with van der Waals surface area (Å²) in [6.07, 6.45) is -0.0875. The van der Waals surface area contributed by atoms with Gasteiger partial charge in [-0.3, -0.25) is 9.59 Å². The number of amides is 1. The monoisotopic (exact) mass is 452 g/mol. The Balaban J connectivity index is 2.36. The van der Waals surface area contributed by atoms with Crippen molar-refractivity contribution in [2.24, 2.45) is 0 Å². The number of hydrogen-bond acceptors (Lipinski definition) is 5. The quantitative estimate of drug-likeness (QED) is 0.598. The lowest BCUT2D eigenvalue weighted by molar-refractivity contribution is -0.141. The third-order valence-corrected chi connectivity index (χ3v) is 6.25. The first-order valence-corrected chi connectivity index (χ1v) is 11.2. The van der Waals surface area contributed by atoms with Crippen LogP contribution in [-0.2, 0) is 19.6 Å². The number of hydrogen-bond donors (Lipinski definition) is 2. The second-order valence-corrected chi connectivity index (χ2v) is 9.26. The van der Waals surface area contributed by atoms with Crippen LogP contribution in [0.3, 0.4) is 0 Å². The Hall–Kier alpha value is -2.42. The van der Waals surface area contributed by atoms with Crippen molar-refractivity contribution in [2.45, 2.75) is 44.2 Å². The van der Waals surface area contributed by atoms with Crippen molar-refractivity contribution in [2.75, 3.05) is 7.11 Å². The van der Waals surface area contributed by atoms with Gasteiger partial charge in [-0.15, -0.1) is 0 Å². The number of sulfonamides is 1. The summed E-state index contributed by atoms with van der Waals surface area (Å²) >= 11 is 6.16. The number of methoxy groups -OCH3 is 1. The minimum Gasteiger partial charge on any atom is -0.469 e. The molecule has 0 spiro atoms. The van der Waals surface area contributed by atoms with Crippen LogP contribution >= 0.6 is 11.6 Å². The highest BCUT2D eigenvalue weighted by Gasteiger charge is 2.23. The van der Waals surface area contributed by atoms with Crippen molar-refractivity contribution in [3.8, 4) is 0 Å². The minimum atomic E-state index is -3.80. The van der Waals surface area contributed by atoms with Gasteiger partial charge >= 0.3 is 5.97 Å². The fourth-order valence-electron chi connectivity index (χ4n) is 2.76. The lowest BCUT2D eigenvalue weighted by Gasteiger charge is -2.19. The van der Waals surface area contributed by atoms with Gasteiger partial charge < -0.3 is 10.1 Å². The lowest BCUT2D eigenvalue weighted by Crippen LogP contribution is -2.32. The summed E-state index contributed by atoms with van der Waals surface area (Å²) in [6.45, 7) is 5.31. The molecule has 1 amide bonds. The van der Waals surface area contributed by atoms with E-state index in [0.717, 1.165) is 5.56 Å². The van der Waals surface area contributed by atoms with E-state index in [-0.39, 0.29) is 27.9 Å². The molecule has 0 aliphatic carbocycles. The molecule has 2 aromatic carbocycles. The second kappa shape index (κ2) is 10.1. The van der Waals surface area contributed by atoms with Gasteiger partial charge in [0.15, 0.2) is 0 Å². The summed E-state index contributed by atoms with van der Waals surface area (Å²) in [6, 6.07) is 10.3. The van der Waals surface area contributed by atoms with Crippen LogP contribution in [0.5, 0.6) is 0 Å². The van der Waals surface area contributed by atoms with E-state index in [4.69, 9.17) is 16.3 Å². The smallest absolute Gasteiger partial charge is 0.307 e. The molecule has 0 radical (unpaired) electrons. The summed E-state index contributed by atoms with van der Waals surface area (Å²) in [5.41, 5.74) is 1.73. The molecule has 2 rings (SSSR count). The molecule has 0 fully saturated rings. The maximum Gasteiger partial charge on any atom is 0.307 e. The zero-order chi connectivity index (χ0) is 22.5. The summed E-state index contributed by atoms with van der Waals surface area (Å²) in [5.74, 6) is -1.10. The van der Waals surface area contributed by atoms with E-state index in [1.54, 1.807) is 26.0 Å². The third kappa shape index (κ3) is 6.29. The molecule has 30 heavy (non-hydrogen) atoms. The van der Waals surface area contributed by atoms with Crippen LogP contribution < -0.4 is 10.0 Å². The topological polar surface area (TPSA) is 102 Å². The van der Waals surface area contributed by atoms with Crippen molar-refractivity contribution in [1.82, 2.24) is 10.0 Å². The molecule has 1 atom stereocenters. The summed E-state index contributed by atoms with van der Waals surface area (Å²) in [7, 11) is -2.54. The maximum atomic E-state index is 12.9. The summed E-state index contributed by atoms with van der Waals surface area (Å²) in [4.78, 5) is 24.7. The van der Waals surface area contributed by atoms with Crippen molar-refractivity contribution >= 4 is 33.5 Å². The Morgan fingerprint density at radius 3 is 2.30 bits per heavy atom. The van der Waals surface area contributed by atoms with Crippen LogP contribution in [0.25, 0.3) is 0 Å². The van der Waals surface area contributed by atoms with Gasteiger partial charge in [0.25, 0.3) is 5.91 Å². The highest BCUT2D eigenvalue weighted by Crippen LogP contribution is 2.24. The molecule has 9 heteroatoms. The van der Waals surface area contributed by atoms with Gasteiger partial charge in [-0.2, -0.15) is 0 Å². The van der Waals surface area contributed by atoms with E-state index in [1.807, 2.05) is 19.1 Å². The first-order valence-electron chi connectivity index (χ1n) is 9.29. The zero-order valence-corrected chi connectivity index (χ0v) is 18.8. The summed E-state index contributed by atoms with van der Waals surface area (Å²) < 4.78 is 32.1. The van der Waals surface area contributed by atoms with Crippen LogP contribution in [0, 0.1) is 6.92 Å². The van der Waals surface area contributed by atoms with Crippen molar-refractivity contribution < 1.29 is 22.7 Å². The lowest BCUT2D eigenvalue weighted by atomic mass is 10.0. The fraction of sp³-hybridized carbons (Fsp3) is 0.333. The molecule has 162 valence electrons. The molecular formula is C21H25ClN2O5S. The molecule has 0 bridgehead atoms. The first-order chi connectivity index (χ1) is 14.0. The zero-order valence-electron chi connectivity index (χ0n) is 17.2. The predicted molar refractivity (Wildman–Crippen MR) is 115 cm³/mol. The number of rotatable bonds is 8. The number of carbonyl (C=O) groups excluding carboxylic acids is 2. The Kier molecular flexibility index (Phi) is 8.00. The Morgan fingerprint density at radius 1 is 1.10 bits per heavy atom. The van der Waals surface area contributed by atoms with Crippen molar-refractivity contribution in [3.05, 3.63) is 64.2 Å². The van der Waals surface area contributed by atoms with E-state index in [9.17, 15) is 18.0 Å². The van der Waals surface area contributed by atoms with Crippen LogP contribution in [0.2, 0.25) is 5.02 Å². The van der Waals surface area contributed by atoms with E-state index >= 15 is 0 Å². The summed E-state index contributed by atoms with van der Waals surface area (Å²) in [5, 5.41) is 2.85. The maximum absolute atomic E-state index is 12.9. The van der Waals surface area contributed by atoms with Gasteiger partial charge in [0, 0.05) is 6.04 Å². The molecule has 7 nitrogen and oxygen atoms in total. The molecule has 2 aromatic rings. The van der Waals surface area contributed by atoms with Crippen LogP contribution in [0.15, 0.2) is 47.4 Å². The normalized spacial score (nSPS) is 12.5. The van der Waals surface area contributed by atoms with Crippen LogP contribution in [-0.4, -0.2) is 33.4 Å². The van der Waals surface area contributed by atoms with E-state index in [0.29, 0.717) is 5.56 Å². The van der Waals surface area contributed by atoms with Gasteiger partial charge in [0.1, 0.15) is 0 Å².